The monoisotopic (exact) mass is 370 g/mol. The van der Waals surface area contributed by atoms with Crippen LogP contribution in [-0.4, -0.2) is 47.7 Å². The fourth-order valence-electron chi connectivity index (χ4n) is 3.02. The molecule has 0 saturated heterocycles. The highest BCUT2D eigenvalue weighted by Crippen LogP contribution is 2.23. The third-order valence-corrected chi connectivity index (χ3v) is 4.50. The number of nitrogens with zero attached hydrogens (tertiary/aromatic N) is 2. The normalized spacial score (nSPS) is 12.9. The number of hydrogen-bond donors (Lipinski definition) is 0. The Hall–Kier alpha value is -3.22. The van der Waals surface area contributed by atoms with Gasteiger partial charge < -0.3 is 9.64 Å². The number of fused-ring (bicyclic) bond motifs is 1. The molecular weight excluding hydrogens is 351 g/mol. The minimum atomic E-state index is -0.515. The summed E-state index contributed by atoms with van der Waals surface area (Å²) in [6.07, 6.45) is 0. The van der Waals surface area contributed by atoms with Crippen molar-refractivity contribution in [1.82, 2.24) is 9.80 Å². The number of carbonyl (C=O) groups is 3. The van der Waals surface area contributed by atoms with Crippen LogP contribution in [0.4, 0.5) is 4.39 Å². The van der Waals surface area contributed by atoms with Gasteiger partial charge in [0.1, 0.15) is 6.54 Å². The topological polar surface area (TPSA) is 66.9 Å². The van der Waals surface area contributed by atoms with Crippen LogP contribution in [0.5, 0.6) is 5.75 Å². The zero-order valence-corrected chi connectivity index (χ0v) is 15.1. The summed E-state index contributed by atoms with van der Waals surface area (Å²) in [7, 11) is 1.38. The quantitative estimate of drug-likeness (QED) is 0.733. The van der Waals surface area contributed by atoms with E-state index in [1.165, 1.54) is 24.1 Å². The Balaban J connectivity index is 1.72. The van der Waals surface area contributed by atoms with Crippen molar-refractivity contribution in [1.29, 1.82) is 0 Å². The molecule has 0 radical (unpaired) electrons. The molecule has 3 rings (SSSR count). The Bertz CT molecular complexity index is 878. The number of amides is 3. The molecule has 0 unspecified atom stereocenters. The van der Waals surface area contributed by atoms with E-state index in [0.717, 1.165) is 4.90 Å². The Labute approximate surface area is 156 Å². The number of ether oxygens (including phenoxy) is 1. The van der Waals surface area contributed by atoms with Crippen LogP contribution in [-0.2, 0) is 11.3 Å². The average Bonchev–Trinajstić information content (AvgIpc) is 2.91. The molecule has 0 N–H and O–H groups in total. The van der Waals surface area contributed by atoms with Crippen LogP contribution in [0, 0.1) is 5.82 Å². The summed E-state index contributed by atoms with van der Waals surface area (Å²) in [5.74, 6) is -1.73. The molecule has 3 amide bonds. The molecule has 0 aliphatic carbocycles. The third kappa shape index (κ3) is 3.53. The first kappa shape index (κ1) is 18.6. The zero-order chi connectivity index (χ0) is 19.6. The molecule has 27 heavy (non-hydrogen) atoms. The molecule has 7 heteroatoms. The van der Waals surface area contributed by atoms with Crippen LogP contribution in [0.25, 0.3) is 0 Å². The molecule has 1 aliphatic rings. The van der Waals surface area contributed by atoms with E-state index in [0.29, 0.717) is 23.2 Å². The molecule has 0 atom stereocenters. The van der Waals surface area contributed by atoms with Crippen molar-refractivity contribution < 1.29 is 23.5 Å². The largest absolute Gasteiger partial charge is 0.494 e. The molecule has 0 spiro atoms. The number of imide groups is 1. The van der Waals surface area contributed by atoms with Crippen molar-refractivity contribution in [3.05, 3.63) is 65.0 Å². The van der Waals surface area contributed by atoms with Crippen LogP contribution in [0.15, 0.2) is 42.5 Å². The lowest BCUT2D eigenvalue weighted by atomic mass is 10.1. The molecular formula is C20H19FN2O4. The van der Waals surface area contributed by atoms with Gasteiger partial charge in [-0.2, -0.15) is 0 Å². The number of methoxy groups -OCH3 is 1. The number of rotatable bonds is 6. The lowest BCUT2D eigenvalue weighted by Crippen LogP contribution is -2.42. The molecule has 1 heterocycles. The minimum Gasteiger partial charge on any atom is -0.494 e. The number of hydrogen-bond acceptors (Lipinski definition) is 4. The summed E-state index contributed by atoms with van der Waals surface area (Å²) in [5, 5.41) is 0. The molecule has 2 aromatic rings. The van der Waals surface area contributed by atoms with Gasteiger partial charge in [-0.05, 0) is 36.8 Å². The van der Waals surface area contributed by atoms with Crippen molar-refractivity contribution in [3.63, 3.8) is 0 Å². The Morgan fingerprint density at radius 1 is 1.11 bits per heavy atom. The number of halogens is 1. The van der Waals surface area contributed by atoms with Gasteiger partial charge in [0.15, 0.2) is 11.6 Å². The first-order chi connectivity index (χ1) is 13.0. The van der Waals surface area contributed by atoms with E-state index in [9.17, 15) is 18.8 Å². The van der Waals surface area contributed by atoms with Gasteiger partial charge in [-0.3, -0.25) is 19.3 Å². The van der Waals surface area contributed by atoms with Crippen LogP contribution >= 0.6 is 0 Å². The van der Waals surface area contributed by atoms with E-state index >= 15 is 0 Å². The molecule has 0 bridgehead atoms. The van der Waals surface area contributed by atoms with Gasteiger partial charge in [-0.15, -0.1) is 0 Å². The third-order valence-electron chi connectivity index (χ3n) is 4.50. The lowest BCUT2D eigenvalue weighted by molar-refractivity contribution is -0.131. The lowest BCUT2D eigenvalue weighted by Gasteiger charge is -2.23. The van der Waals surface area contributed by atoms with Gasteiger partial charge in [0.2, 0.25) is 5.91 Å². The summed E-state index contributed by atoms with van der Waals surface area (Å²) in [6.45, 7) is 1.95. The fourth-order valence-corrected chi connectivity index (χ4v) is 3.02. The van der Waals surface area contributed by atoms with Crippen LogP contribution in [0.1, 0.15) is 33.2 Å². The van der Waals surface area contributed by atoms with Gasteiger partial charge in [-0.25, -0.2) is 4.39 Å². The van der Waals surface area contributed by atoms with Crippen molar-refractivity contribution in [2.45, 2.75) is 13.5 Å². The number of likely N-dealkylation sites (N-methyl/N-ethyl adjacent to an activating group) is 1. The highest BCUT2D eigenvalue weighted by Gasteiger charge is 2.36. The predicted molar refractivity (Wildman–Crippen MR) is 95.9 cm³/mol. The summed E-state index contributed by atoms with van der Waals surface area (Å²) in [4.78, 5) is 39.9. The van der Waals surface area contributed by atoms with Crippen molar-refractivity contribution in [2.75, 3.05) is 20.2 Å². The highest BCUT2D eigenvalue weighted by atomic mass is 19.1. The second kappa shape index (κ2) is 7.57. The molecule has 1 aliphatic heterocycles. The van der Waals surface area contributed by atoms with E-state index in [-0.39, 0.29) is 24.7 Å². The molecule has 0 saturated carbocycles. The van der Waals surface area contributed by atoms with Crippen molar-refractivity contribution in [2.24, 2.45) is 0 Å². The molecule has 2 aromatic carbocycles. The standard InChI is InChI=1S/C20H19FN2O4/c1-3-22(11-13-8-9-17(27-2)16(21)10-13)18(24)12-23-19(25)14-6-4-5-7-15(14)20(23)26/h4-10H,3,11-12H2,1-2H3. The van der Waals surface area contributed by atoms with Crippen LogP contribution < -0.4 is 4.74 Å². The first-order valence-electron chi connectivity index (χ1n) is 8.51. The van der Waals surface area contributed by atoms with Gasteiger partial charge in [0.05, 0.1) is 18.2 Å². The van der Waals surface area contributed by atoms with Gasteiger partial charge in [0, 0.05) is 13.1 Å². The Morgan fingerprint density at radius 3 is 2.26 bits per heavy atom. The van der Waals surface area contributed by atoms with E-state index < -0.39 is 17.6 Å². The summed E-state index contributed by atoms with van der Waals surface area (Å²) >= 11 is 0. The Morgan fingerprint density at radius 2 is 1.74 bits per heavy atom. The molecule has 0 fully saturated rings. The number of carbonyl (C=O) groups excluding carboxylic acids is 3. The average molecular weight is 370 g/mol. The smallest absolute Gasteiger partial charge is 0.262 e. The highest BCUT2D eigenvalue weighted by molar-refractivity contribution is 6.22. The van der Waals surface area contributed by atoms with Crippen molar-refractivity contribution in [3.8, 4) is 5.75 Å². The number of benzene rings is 2. The van der Waals surface area contributed by atoms with E-state index in [2.05, 4.69) is 0 Å². The summed E-state index contributed by atoms with van der Waals surface area (Å²) in [5.41, 5.74) is 1.19. The van der Waals surface area contributed by atoms with Gasteiger partial charge in [-0.1, -0.05) is 18.2 Å². The molecule has 6 nitrogen and oxygen atoms in total. The van der Waals surface area contributed by atoms with Crippen molar-refractivity contribution >= 4 is 17.7 Å². The SMILES string of the molecule is CCN(Cc1ccc(OC)c(F)c1)C(=O)CN1C(=O)c2ccccc2C1=O. The first-order valence-corrected chi connectivity index (χ1v) is 8.51. The fraction of sp³-hybridized carbons (Fsp3) is 0.250. The Kier molecular flexibility index (Phi) is 5.21. The maximum Gasteiger partial charge on any atom is 0.262 e. The maximum atomic E-state index is 13.9. The van der Waals surface area contributed by atoms with E-state index in [1.807, 2.05) is 0 Å². The minimum absolute atomic E-state index is 0.124. The second-order valence-corrected chi connectivity index (χ2v) is 6.12. The van der Waals surface area contributed by atoms with Crippen LogP contribution in [0.3, 0.4) is 0 Å². The summed E-state index contributed by atoms with van der Waals surface area (Å²) < 4.78 is 18.7. The molecule has 0 aromatic heterocycles. The summed E-state index contributed by atoms with van der Waals surface area (Å²) in [6, 6.07) is 10.9. The maximum absolute atomic E-state index is 13.9. The zero-order valence-electron chi connectivity index (χ0n) is 15.1. The predicted octanol–water partition coefficient (Wildman–Crippen LogP) is 2.48. The van der Waals surface area contributed by atoms with Gasteiger partial charge >= 0.3 is 0 Å². The molecule has 140 valence electrons. The van der Waals surface area contributed by atoms with Gasteiger partial charge in [0.25, 0.3) is 11.8 Å². The second-order valence-electron chi connectivity index (χ2n) is 6.12. The van der Waals surface area contributed by atoms with E-state index in [4.69, 9.17) is 4.74 Å². The van der Waals surface area contributed by atoms with E-state index in [1.54, 1.807) is 37.3 Å². The van der Waals surface area contributed by atoms with Crippen LogP contribution in [0.2, 0.25) is 0 Å².